The Hall–Kier alpha value is -3.06. The van der Waals surface area contributed by atoms with Crippen LogP contribution < -0.4 is 5.32 Å². The number of hydrogen-bond acceptors (Lipinski definition) is 5. The van der Waals surface area contributed by atoms with Crippen molar-refractivity contribution in [1.82, 2.24) is 19.7 Å². The third kappa shape index (κ3) is 2.97. The number of amides is 1. The highest BCUT2D eigenvalue weighted by Gasteiger charge is 2.38. The summed E-state index contributed by atoms with van der Waals surface area (Å²) in [4.78, 5) is 25.8. The van der Waals surface area contributed by atoms with Gasteiger partial charge in [0, 0.05) is 28.8 Å². The summed E-state index contributed by atoms with van der Waals surface area (Å²) in [7, 11) is 0. The fourth-order valence-electron chi connectivity index (χ4n) is 3.10. The third-order valence-electron chi connectivity index (χ3n) is 4.30. The van der Waals surface area contributed by atoms with E-state index in [1.54, 1.807) is 41.3 Å². The molecule has 8 heteroatoms. The molecule has 2 aromatic heterocycles. The van der Waals surface area contributed by atoms with E-state index >= 15 is 0 Å². The topological polar surface area (TPSA) is 85.1 Å². The Kier molecular flexibility index (Phi) is 4.22. The van der Waals surface area contributed by atoms with Crippen molar-refractivity contribution in [2.24, 2.45) is 10.9 Å². The van der Waals surface area contributed by atoms with Crippen molar-refractivity contribution in [3.63, 3.8) is 0 Å². The molecule has 0 bridgehead atoms. The molecule has 1 aliphatic heterocycles. The maximum absolute atomic E-state index is 13.1. The second kappa shape index (κ2) is 6.68. The van der Waals surface area contributed by atoms with Crippen molar-refractivity contribution in [2.75, 3.05) is 5.32 Å². The lowest BCUT2D eigenvalue weighted by atomic mass is 9.88. The fourth-order valence-corrected chi connectivity index (χ4v) is 3.22. The molecule has 7 nitrogen and oxygen atoms in total. The molecule has 0 saturated carbocycles. The first-order valence-corrected chi connectivity index (χ1v) is 8.42. The van der Waals surface area contributed by atoms with Gasteiger partial charge in [-0.3, -0.25) is 9.78 Å². The van der Waals surface area contributed by atoms with Crippen molar-refractivity contribution >= 4 is 34.9 Å². The Morgan fingerprint density at radius 2 is 1.88 bits per heavy atom. The number of carbonyl (C=O) groups is 1. The molecular formula is C18H15ClN6O. The summed E-state index contributed by atoms with van der Waals surface area (Å²) < 4.78 is 1.68. The number of pyridine rings is 1. The number of hydrogen-bond donors (Lipinski definition) is 1. The quantitative estimate of drug-likeness (QED) is 0.770. The Labute approximate surface area is 154 Å². The van der Waals surface area contributed by atoms with Crippen molar-refractivity contribution < 1.29 is 4.79 Å². The Balaban J connectivity index is 1.72. The molecule has 1 aliphatic rings. The van der Waals surface area contributed by atoms with Crippen molar-refractivity contribution in [3.8, 4) is 0 Å². The summed E-state index contributed by atoms with van der Waals surface area (Å²) in [5, 5.41) is 7.83. The first-order chi connectivity index (χ1) is 12.6. The van der Waals surface area contributed by atoms with Gasteiger partial charge in [-0.05, 0) is 48.9 Å². The number of aliphatic imine (C=N–C) groups is 1. The number of anilines is 1. The first-order valence-electron chi connectivity index (χ1n) is 8.04. The summed E-state index contributed by atoms with van der Waals surface area (Å²) in [5.41, 5.74) is 2.26. The Morgan fingerprint density at radius 3 is 2.62 bits per heavy atom. The van der Waals surface area contributed by atoms with E-state index in [1.165, 1.54) is 6.33 Å². The van der Waals surface area contributed by atoms with E-state index in [2.05, 4.69) is 25.4 Å². The van der Waals surface area contributed by atoms with E-state index in [4.69, 9.17) is 11.6 Å². The van der Waals surface area contributed by atoms with Crippen LogP contribution in [0.1, 0.15) is 18.5 Å². The van der Waals surface area contributed by atoms with Crippen LogP contribution in [0.5, 0.6) is 0 Å². The van der Waals surface area contributed by atoms with Gasteiger partial charge in [-0.2, -0.15) is 10.1 Å². The number of rotatable bonds is 3. The van der Waals surface area contributed by atoms with Crippen LogP contribution in [-0.2, 0) is 4.79 Å². The van der Waals surface area contributed by atoms with E-state index in [9.17, 15) is 4.79 Å². The van der Waals surface area contributed by atoms with Gasteiger partial charge in [-0.1, -0.05) is 11.6 Å². The summed E-state index contributed by atoms with van der Waals surface area (Å²) in [5.74, 6) is -0.210. The predicted molar refractivity (Wildman–Crippen MR) is 98.7 cm³/mol. The molecule has 0 fully saturated rings. The fraction of sp³-hybridized carbons (Fsp3) is 0.167. The SMILES string of the molecule is CC1=Nc2ncnn2C(c2ccncc2)C1C(=O)Nc1ccc(Cl)cc1. The molecular weight excluding hydrogens is 352 g/mol. The molecule has 1 N–H and O–H groups in total. The first kappa shape index (κ1) is 16.4. The van der Waals surface area contributed by atoms with Crippen molar-refractivity contribution in [3.05, 3.63) is 65.7 Å². The second-order valence-corrected chi connectivity index (χ2v) is 6.39. The number of nitrogens with one attached hydrogen (secondary N) is 1. The van der Waals surface area contributed by atoms with Crippen LogP contribution in [0.15, 0.2) is 60.1 Å². The highest BCUT2D eigenvalue weighted by atomic mass is 35.5. The van der Waals surface area contributed by atoms with Crippen LogP contribution >= 0.6 is 11.6 Å². The maximum Gasteiger partial charge on any atom is 0.248 e. The molecule has 1 aromatic carbocycles. The molecule has 3 aromatic rings. The minimum Gasteiger partial charge on any atom is -0.325 e. The minimum absolute atomic E-state index is 0.170. The van der Waals surface area contributed by atoms with E-state index in [-0.39, 0.29) is 11.9 Å². The average Bonchev–Trinajstić information content (AvgIpc) is 3.11. The van der Waals surface area contributed by atoms with Crippen LogP contribution in [0.4, 0.5) is 11.6 Å². The van der Waals surface area contributed by atoms with Gasteiger partial charge in [0.05, 0.1) is 6.04 Å². The highest BCUT2D eigenvalue weighted by Crippen LogP contribution is 2.35. The standard InChI is InChI=1S/C18H15ClN6O/c1-11-15(17(26)24-14-4-2-13(19)3-5-14)16(12-6-8-20-9-7-12)25-18(23-11)21-10-22-25/h2-10,15-16H,1H3,(H,24,26). The molecule has 2 unspecified atom stereocenters. The molecule has 4 rings (SSSR count). The van der Waals surface area contributed by atoms with E-state index in [0.717, 1.165) is 5.56 Å². The number of carbonyl (C=O) groups excluding carboxylic acids is 1. The van der Waals surface area contributed by atoms with Gasteiger partial charge in [-0.25, -0.2) is 9.67 Å². The van der Waals surface area contributed by atoms with Gasteiger partial charge in [0.2, 0.25) is 11.9 Å². The number of benzene rings is 1. The zero-order chi connectivity index (χ0) is 18.1. The van der Waals surface area contributed by atoms with Crippen LogP contribution in [0, 0.1) is 5.92 Å². The van der Waals surface area contributed by atoms with Gasteiger partial charge in [-0.15, -0.1) is 0 Å². The average molecular weight is 367 g/mol. The highest BCUT2D eigenvalue weighted by molar-refractivity contribution is 6.30. The predicted octanol–water partition coefficient (Wildman–Crippen LogP) is 3.28. The summed E-state index contributed by atoms with van der Waals surface area (Å²) in [6.45, 7) is 1.83. The number of fused-ring (bicyclic) bond motifs is 1. The van der Waals surface area contributed by atoms with E-state index in [1.807, 2.05) is 19.1 Å². The zero-order valence-electron chi connectivity index (χ0n) is 13.9. The second-order valence-electron chi connectivity index (χ2n) is 5.96. The van der Waals surface area contributed by atoms with Crippen LogP contribution in [0.3, 0.4) is 0 Å². The minimum atomic E-state index is -0.526. The van der Waals surface area contributed by atoms with Crippen molar-refractivity contribution in [1.29, 1.82) is 0 Å². The molecule has 2 atom stereocenters. The summed E-state index contributed by atoms with van der Waals surface area (Å²) >= 11 is 5.91. The molecule has 0 aliphatic carbocycles. The van der Waals surface area contributed by atoms with Crippen LogP contribution in [0.25, 0.3) is 0 Å². The Morgan fingerprint density at radius 1 is 1.15 bits per heavy atom. The van der Waals surface area contributed by atoms with Gasteiger partial charge >= 0.3 is 0 Å². The number of aromatic nitrogens is 4. The molecule has 0 radical (unpaired) electrons. The molecule has 0 spiro atoms. The van der Waals surface area contributed by atoms with Gasteiger partial charge in [0.1, 0.15) is 12.2 Å². The van der Waals surface area contributed by atoms with Gasteiger partial charge in [0.15, 0.2) is 0 Å². The van der Waals surface area contributed by atoms with Gasteiger partial charge < -0.3 is 5.32 Å². The smallest absolute Gasteiger partial charge is 0.248 e. The van der Waals surface area contributed by atoms with Crippen molar-refractivity contribution in [2.45, 2.75) is 13.0 Å². The zero-order valence-corrected chi connectivity index (χ0v) is 14.6. The largest absolute Gasteiger partial charge is 0.325 e. The number of halogens is 1. The number of nitrogens with zero attached hydrogens (tertiary/aromatic N) is 5. The maximum atomic E-state index is 13.1. The molecule has 3 heterocycles. The summed E-state index contributed by atoms with van der Waals surface area (Å²) in [6.07, 6.45) is 4.84. The molecule has 26 heavy (non-hydrogen) atoms. The monoisotopic (exact) mass is 366 g/mol. The van der Waals surface area contributed by atoms with Crippen LogP contribution in [-0.4, -0.2) is 31.4 Å². The lowest BCUT2D eigenvalue weighted by Crippen LogP contribution is -2.39. The summed E-state index contributed by atoms with van der Waals surface area (Å²) in [6, 6.07) is 10.4. The molecule has 0 saturated heterocycles. The normalized spacial score (nSPS) is 18.8. The third-order valence-corrected chi connectivity index (χ3v) is 4.55. The van der Waals surface area contributed by atoms with E-state index in [0.29, 0.717) is 22.4 Å². The lowest BCUT2D eigenvalue weighted by molar-refractivity contribution is -0.118. The van der Waals surface area contributed by atoms with E-state index < -0.39 is 5.92 Å². The van der Waals surface area contributed by atoms with Gasteiger partial charge in [0.25, 0.3) is 0 Å². The molecule has 1 amide bonds. The molecule has 130 valence electrons. The van der Waals surface area contributed by atoms with Crippen LogP contribution in [0.2, 0.25) is 5.02 Å². The lowest BCUT2D eigenvalue weighted by Gasteiger charge is -2.30. The Bertz CT molecular complexity index is 967.